The van der Waals surface area contributed by atoms with Crippen LogP contribution < -0.4 is 15.8 Å². The van der Waals surface area contributed by atoms with E-state index in [2.05, 4.69) is 15.0 Å². The molecule has 0 saturated heterocycles. The Balaban J connectivity index is 1.65. The SMILES string of the molecule is N[C@@H]1CCC[C@H]1CC(=O)Nc1cccc(S(=O)(=O)NC2=NCCC2)c1. The number of aliphatic imine (C=N–C) groups is 1. The molecule has 1 amide bonds. The Hall–Kier alpha value is -1.93. The zero-order chi connectivity index (χ0) is 17.9. The fraction of sp³-hybridized carbons (Fsp3) is 0.529. The molecule has 1 heterocycles. The number of nitrogens with two attached hydrogens (primary N) is 1. The smallest absolute Gasteiger partial charge is 0.262 e. The molecule has 1 fully saturated rings. The summed E-state index contributed by atoms with van der Waals surface area (Å²) in [4.78, 5) is 16.4. The van der Waals surface area contributed by atoms with Gasteiger partial charge in [-0.25, -0.2) is 8.42 Å². The molecule has 8 heteroatoms. The lowest BCUT2D eigenvalue weighted by molar-refractivity contribution is -0.117. The average Bonchev–Trinajstić information content (AvgIpc) is 3.20. The maximum atomic E-state index is 12.4. The summed E-state index contributed by atoms with van der Waals surface area (Å²) in [6.45, 7) is 0.650. The van der Waals surface area contributed by atoms with Gasteiger partial charge in [0.2, 0.25) is 5.91 Å². The third-order valence-electron chi connectivity index (χ3n) is 4.72. The van der Waals surface area contributed by atoms with E-state index in [9.17, 15) is 13.2 Å². The normalized spacial score (nSPS) is 23.3. The fourth-order valence-electron chi connectivity index (χ4n) is 3.35. The number of nitrogens with one attached hydrogen (secondary N) is 2. The predicted molar refractivity (Wildman–Crippen MR) is 96.9 cm³/mol. The molecule has 1 saturated carbocycles. The highest BCUT2D eigenvalue weighted by atomic mass is 32.2. The molecule has 136 valence electrons. The van der Waals surface area contributed by atoms with Gasteiger partial charge in [0.15, 0.2) is 0 Å². The molecule has 1 aliphatic heterocycles. The van der Waals surface area contributed by atoms with Gasteiger partial charge >= 0.3 is 0 Å². The van der Waals surface area contributed by atoms with Crippen LogP contribution in [0.3, 0.4) is 0 Å². The number of carbonyl (C=O) groups is 1. The summed E-state index contributed by atoms with van der Waals surface area (Å²) in [5, 5.41) is 2.78. The first kappa shape index (κ1) is 17.9. The lowest BCUT2D eigenvalue weighted by Crippen LogP contribution is -2.29. The second-order valence-electron chi connectivity index (χ2n) is 6.67. The number of hydrogen-bond acceptors (Lipinski definition) is 5. The molecular formula is C17H24N4O3S. The molecule has 0 unspecified atom stereocenters. The van der Waals surface area contributed by atoms with E-state index >= 15 is 0 Å². The van der Waals surface area contributed by atoms with E-state index in [-0.39, 0.29) is 22.8 Å². The minimum Gasteiger partial charge on any atom is -0.327 e. The lowest BCUT2D eigenvalue weighted by Gasteiger charge is -2.15. The number of nitrogens with zero attached hydrogens (tertiary/aromatic N) is 1. The Morgan fingerprint density at radius 2 is 2.12 bits per heavy atom. The second-order valence-corrected chi connectivity index (χ2v) is 8.35. The predicted octanol–water partition coefficient (Wildman–Crippen LogP) is 1.61. The summed E-state index contributed by atoms with van der Waals surface area (Å²) in [6.07, 6.45) is 4.85. The molecule has 3 rings (SSSR count). The van der Waals surface area contributed by atoms with Crippen molar-refractivity contribution in [1.82, 2.24) is 4.72 Å². The van der Waals surface area contributed by atoms with E-state index in [4.69, 9.17) is 5.73 Å². The second kappa shape index (κ2) is 7.53. The van der Waals surface area contributed by atoms with E-state index in [1.165, 1.54) is 12.1 Å². The minimum atomic E-state index is -3.69. The molecule has 0 aromatic heterocycles. The summed E-state index contributed by atoms with van der Waals surface area (Å²) in [5.41, 5.74) is 6.47. The van der Waals surface area contributed by atoms with Gasteiger partial charge in [-0.2, -0.15) is 0 Å². The zero-order valence-corrected chi connectivity index (χ0v) is 14.9. The highest BCUT2D eigenvalue weighted by Crippen LogP contribution is 2.27. The minimum absolute atomic E-state index is 0.0776. The van der Waals surface area contributed by atoms with Crippen LogP contribution in [0.15, 0.2) is 34.2 Å². The quantitative estimate of drug-likeness (QED) is 0.736. The monoisotopic (exact) mass is 364 g/mol. The van der Waals surface area contributed by atoms with Crippen LogP contribution in [0.25, 0.3) is 0 Å². The van der Waals surface area contributed by atoms with Gasteiger partial charge in [0.25, 0.3) is 10.0 Å². The topological polar surface area (TPSA) is 114 Å². The van der Waals surface area contributed by atoms with Crippen LogP contribution in [-0.2, 0) is 14.8 Å². The Morgan fingerprint density at radius 1 is 1.28 bits per heavy atom. The Labute approximate surface area is 148 Å². The van der Waals surface area contributed by atoms with E-state index in [0.29, 0.717) is 30.9 Å². The first-order valence-corrected chi connectivity index (χ1v) is 10.1. The third kappa shape index (κ3) is 4.58. The van der Waals surface area contributed by atoms with Crippen molar-refractivity contribution in [3.05, 3.63) is 24.3 Å². The number of carbonyl (C=O) groups excluding carboxylic acids is 1. The third-order valence-corrected chi connectivity index (χ3v) is 6.10. The van der Waals surface area contributed by atoms with Gasteiger partial charge in [-0.15, -0.1) is 0 Å². The number of sulfonamides is 1. The Bertz CT molecular complexity index is 776. The van der Waals surface area contributed by atoms with Crippen molar-refractivity contribution in [1.29, 1.82) is 0 Å². The van der Waals surface area contributed by atoms with Crippen molar-refractivity contribution in [2.45, 2.75) is 49.5 Å². The van der Waals surface area contributed by atoms with Crippen LogP contribution in [0, 0.1) is 5.92 Å². The molecule has 0 radical (unpaired) electrons. The maximum Gasteiger partial charge on any atom is 0.262 e. The van der Waals surface area contributed by atoms with Gasteiger partial charge in [0, 0.05) is 31.1 Å². The zero-order valence-electron chi connectivity index (χ0n) is 14.1. The number of hydrogen-bond donors (Lipinski definition) is 3. The van der Waals surface area contributed by atoms with Crippen molar-refractivity contribution in [2.75, 3.05) is 11.9 Å². The first-order chi connectivity index (χ1) is 11.9. The molecule has 2 aliphatic rings. The molecule has 2 atom stereocenters. The Kier molecular flexibility index (Phi) is 5.39. The summed E-state index contributed by atoms with van der Waals surface area (Å²) >= 11 is 0. The van der Waals surface area contributed by atoms with Crippen LogP contribution in [0.4, 0.5) is 5.69 Å². The van der Waals surface area contributed by atoms with E-state index in [1.54, 1.807) is 12.1 Å². The molecule has 1 aromatic rings. The van der Waals surface area contributed by atoms with E-state index in [0.717, 1.165) is 25.7 Å². The van der Waals surface area contributed by atoms with Gasteiger partial charge < -0.3 is 11.1 Å². The molecule has 1 aromatic carbocycles. The molecule has 7 nitrogen and oxygen atoms in total. The van der Waals surface area contributed by atoms with Gasteiger partial charge in [-0.05, 0) is 43.4 Å². The van der Waals surface area contributed by atoms with Crippen LogP contribution in [0.5, 0.6) is 0 Å². The number of benzene rings is 1. The molecule has 0 spiro atoms. The molecule has 25 heavy (non-hydrogen) atoms. The first-order valence-electron chi connectivity index (χ1n) is 8.66. The summed E-state index contributed by atoms with van der Waals surface area (Å²) in [7, 11) is -3.69. The highest BCUT2D eigenvalue weighted by Gasteiger charge is 2.26. The van der Waals surface area contributed by atoms with E-state index < -0.39 is 10.0 Å². The number of anilines is 1. The fourth-order valence-corrected chi connectivity index (χ4v) is 4.48. The maximum absolute atomic E-state index is 12.4. The molecular weight excluding hydrogens is 340 g/mol. The summed E-state index contributed by atoms with van der Waals surface area (Å²) in [5.74, 6) is 0.559. The van der Waals surface area contributed by atoms with Crippen molar-refractivity contribution >= 4 is 27.5 Å². The average molecular weight is 364 g/mol. The van der Waals surface area contributed by atoms with Gasteiger partial charge in [0.1, 0.15) is 5.84 Å². The van der Waals surface area contributed by atoms with Crippen molar-refractivity contribution < 1.29 is 13.2 Å². The van der Waals surface area contributed by atoms with Crippen molar-refractivity contribution in [3.8, 4) is 0 Å². The van der Waals surface area contributed by atoms with Gasteiger partial charge in [-0.1, -0.05) is 12.5 Å². The van der Waals surface area contributed by atoms with Crippen LogP contribution in [-0.4, -0.2) is 32.7 Å². The lowest BCUT2D eigenvalue weighted by atomic mass is 10.00. The molecule has 1 aliphatic carbocycles. The van der Waals surface area contributed by atoms with Crippen molar-refractivity contribution in [3.63, 3.8) is 0 Å². The summed E-state index contributed by atoms with van der Waals surface area (Å²) in [6, 6.07) is 6.33. The van der Waals surface area contributed by atoms with Crippen LogP contribution in [0.2, 0.25) is 0 Å². The van der Waals surface area contributed by atoms with Gasteiger partial charge in [-0.3, -0.25) is 14.5 Å². The molecule has 4 N–H and O–H groups in total. The highest BCUT2D eigenvalue weighted by molar-refractivity contribution is 7.90. The number of rotatable bonds is 5. The Morgan fingerprint density at radius 3 is 2.80 bits per heavy atom. The standard InChI is InChI=1S/C17H24N4O3S/c18-15-7-1-4-12(15)10-17(22)20-13-5-2-6-14(11-13)25(23,24)21-16-8-3-9-19-16/h2,5-6,11-12,15H,1,3-4,7-10,18H2,(H,19,21)(H,20,22)/t12-,15+/m0/s1. The summed E-state index contributed by atoms with van der Waals surface area (Å²) < 4.78 is 27.4. The van der Waals surface area contributed by atoms with Crippen LogP contribution in [0.1, 0.15) is 38.5 Å². The van der Waals surface area contributed by atoms with Crippen LogP contribution >= 0.6 is 0 Å². The number of amides is 1. The van der Waals surface area contributed by atoms with Crippen molar-refractivity contribution in [2.24, 2.45) is 16.6 Å². The van der Waals surface area contributed by atoms with E-state index in [1.807, 2.05) is 0 Å². The largest absolute Gasteiger partial charge is 0.327 e. The molecule has 0 bridgehead atoms. The van der Waals surface area contributed by atoms with Gasteiger partial charge in [0.05, 0.1) is 4.90 Å². The number of amidine groups is 1.